The Labute approximate surface area is 249 Å². The molecule has 4 fully saturated rings. The van der Waals surface area contributed by atoms with Gasteiger partial charge < -0.3 is 38.4 Å². The van der Waals surface area contributed by atoms with Crippen LogP contribution in [0.2, 0.25) is 0 Å². The molecule has 4 heterocycles. The van der Waals surface area contributed by atoms with Crippen LogP contribution in [0.1, 0.15) is 66.4 Å². The molecule has 0 spiro atoms. The topological polar surface area (TPSA) is 107 Å². The Bertz CT molecular complexity index is 1040. The van der Waals surface area contributed by atoms with E-state index in [4.69, 9.17) is 23.7 Å². The quantitative estimate of drug-likeness (QED) is 0.452. The highest BCUT2D eigenvalue weighted by molar-refractivity contribution is 5.70. The fourth-order valence-electron chi connectivity index (χ4n) is 5.42. The summed E-state index contributed by atoms with van der Waals surface area (Å²) in [5.41, 5.74) is 0.00726. The lowest BCUT2D eigenvalue weighted by molar-refractivity contribution is -0.131. The van der Waals surface area contributed by atoms with Gasteiger partial charge in [0.2, 0.25) is 0 Å². The molecule has 0 radical (unpaired) electrons. The average molecular weight is 590 g/mol. The van der Waals surface area contributed by atoms with Gasteiger partial charge in [0.25, 0.3) is 0 Å². The van der Waals surface area contributed by atoms with E-state index in [-0.39, 0.29) is 49.3 Å². The second-order valence-electron chi connectivity index (χ2n) is 13.4. The number of hydrogen-bond acceptors (Lipinski definition) is 8. The molecular weight excluding hydrogens is 542 g/mol. The molecule has 5 rings (SSSR count). The summed E-state index contributed by atoms with van der Waals surface area (Å²) in [7, 11) is 0. The van der Waals surface area contributed by atoms with Gasteiger partial charge in [-0.1, -0.05) is 30.3 Å². The minimum atomic E-state index is -0.530. The molecule has 4 aliphatic rings. The van der Waals surface area contributed by atoms with Crippen LogP contribution in [0.25, 0.3) is 0 Å². The van der Waals surface area contributed by atoms with Crippen molar-refractivity contribution in [2.45, 2.75) is 103 Å². The van der Waals surface area contributed by atoms with E-state index in [2.05, 4.69) is 0 Å². The summed E-state index contributed by atoms with van der Waals surface area (Å²) in [6.07, 6.45) is 2.46. The molecule has 42 heavy (non-hydrogen) atoms. The summed E-state index contributed by atoms with van der Waals surface area (Å²) in [6, 6.07) is 9.58. The number of carbonyl (C=O) groups excluding carboxylic acids is 3. The fraction of sp³-hybridized carbons (Fsp3) is 0.710. The number of likely N-dealkylation sites (tertiary alicyclic amines) is 1. The number of ether oxygens (including phenoxy) is 5. The van der Waals surface area contributed by atoms with Crippen LogP contribution in [0.5, 0.6) is 0 Å². The van der Waals surface area contributed by atoms with Crippen LogP contribution in [-0.4, -0.2) is 108 Å². The molecule has 4 unspecified atom stereocenters. The van der Waals surface area contributed by atoms with E-state index < -0.39 is 11.2 Å². The van der Waals surface area contributed by atoms with Crippen molar-refractivity contribution in [1.82, 2.24) is 14.7 Å². The van der Waals surface area contributed by atoms with E-state index >= 15 is 0 Å². The standard InChI is InChI=1S/C19H26N2O5.C12H21NO3/c1-19(2,3)26-18(23)21-11-15-9-20(10-16(12-21)25-15)17(22)24-13-14-7-5-4-6-8-14;1-12(2,3)16-11(14)13-7-9-5-4-6-10(8-13)15-9/h4-8,15-16H,9-13H2,1-3H3;9-10H,4-8H2,1-3H3. The number of hydrogen-bond donors (Lipinski definition) is 0. The maximum Gasteiger partial charge on any atom is 0.410 e. The summed E-state index contributed by atoms with van der Waals surface area (Å²) < 4.78 is 27.9. The van der Waals surface area contributed by atoms with Gasteiger partial charge in [-0.25, -0.2) is 14.4 Å². The number of nitrogens with zero attached hydrogens (tertiary/aromatic N) is 3. The summed E-state index contributed by atoms with van der Waals surface area (Å²) >= 11 is 0. The third-order valence-corrected chi connectivity index (χ3v) is 7.13. The van der Waals surface area contributed by atoms with Crippen molar-refractivity contribution in [3.05, 3.63) is 35.9 Å². The van der Waals surface area contributed by atoms with Crippen molar-refractivity contribution in [1.29, 1.82) is 0 Å². The first kappa shape index (κ1) is 31.9. The zero-order valence-corrected chi connectivity index (χ0v) is 25.9. The molecule has 0 N–H and O–H groups in total. The normalized spacial score (nSPS) is 25.5. The third-order valence-electron chi connectivity index (χ3n) is 7.13. The van der Waals surface area contributed by atoms with E-state index in [0.29, 0.717) is 39.3 Å². The molecule has 11 nitrogen and oxygen atoms in total. The summed E-state index contributed by atoms with van der Waals surface area (Å²) in [5, 5.41) is 0. The predicted octanol–water partition coefficient (Wildman–Crippen LogP) is 4.82. The Kier molecular flexibility index (Phi) is 10.2. The highest BCUT2D eigenvalue weighted by atomic mass is 16.6. The van der Waals surface area contributed by atoms with Crippen molar-refractivity contribution in [2.75, 3.05) is 39.3 Å². The molecule has 234 valence electrons. The van der Waals surface area contributed by atoms with Crippen molar-refractivity contribution >= 4 is 18.3 Å². The molecule has 1 aromatic rings. The second-order valence-corrected chi connectivity index (χ2v) is 13.4. The van der Waals surface area contributed by atoms with E-state index in [1.807, 2.05) is 71.9 Å². The first-order chi connectivity index (χ1) is 19.7. The number of rotatable bonds is 2. The predicted molar refractivity (Wildman–Crippen MR) is 155 cm³/mol. The highest BCUT2D eigenvalue weighted by Crippen LogP contribution is 2.26. The Hall–Kier alpha value is -3.05. The molecular formula is C31H47N3O8. The van der Waals surface area contributed by atoms with Gasteiger partial charge in [-0.2, -0.15) is 0 Å². The van der Waals surface area contributed by atoms with Crippen LogP contribution >= 0.6 is 0 Å². The van der Waals surface area contributed by atoms with E-state index in [9.17, 15) is 14.4 Å². The largest absolute Gasteiger partial charge is 0.445 e. The minimum Gasteiger partial charge on any atom is -0.445 e. The smallest absolute Gasteiger partial charge is 0.410 e. The molecule has 0 saturated carbocycles. The van der Waals surface area contributed by atoms with Crippen LogP contribution in [0.15, 0.2) is 30.3 Å². The number of carbonyl (C=O) groups is 3. The molecule has 4 bridgehead atoms. The van der Waals surface area contributed by atoms with Crippen molar-refractivity contribution in [3.8, 4) is 0 Å². The molecule has 0 aliphatic carbocycles. The lowest BCUT2D eigenvalue weighted by atomic mass is 10.00. The SMILES string of the molecule is CC(C)(C)OC(=O)N1CC2CCCC(C1)O2.CC(C)(C)OC(=O)N1CC2CN(C(=O)OCc3ccccc3)CC(C1)O2. The van der Waals surface area contributed by atoms with Gasteiger partial charge in [-0.15, -0.1) is 0 Å². The third kappa shape index (κ3) is 9.76. The minimum absolute atomic E-state index is 0.201. The molecule has 0 aromatic heterocycles. The monoisotopic (exact) mass is 589 g/mol. The Morgan fingerprint density at radius 2 is 1.07 bits per heavy atom. The molecule has 3 amide bonds. The van der Waals surface area contributed by atoms with Gasteiger partial charge in [0.15, 0.2) is 0 Å². The number of morpholine rings is 3. The Morgan fingerprint density at radius 3 is 1.52 bits per heavy atom. The lowest BCUT2D eigenvalue weighted by Crippen LogP contribution is -2.61. The van der Waals surface area contributed by atoms with E-state index in [1.54, 1.807) is 14.7 Å². The summed E-state index contributed by atoms with van der Waals surface area (Å²) in [4.78, 5) is 41.6. The molecule has 4 saturated heterocycles. The number of fused-ring (bicyclic) bond motifs is 4. The van der Waals surface area contributed by atoms with E-state index in [0.717, 1.165) is 18.4 Å². The van der Waals surface area contributed by atoms with E-state index in [1.165, 1.54) is 6.42 Å². The van der Waals surface area contributed by atoms with Gasteiger partial charge in [0.1, 0.15) is 17.8 Å². The summed E-state index contributed by atoms with van der Waals surface area (Å²) in [5.74, 6) is 0. The maximum absolute atomic E-state index is 12.3. The van der Waals surface area contributed by atoms with Crippen LogP contribution in [0, 0.1) is 0 Å². The van der Waals surface area contributed by atoms with Gasteiger partial charge in [0.05, 0.1) is 63.7 Å². The van der Waals surface area contributed by atoms with Gasteiger partial charge in [0, 0.05) is 0 Å². The van der Waals surface area contributed by atoms with Crippen molar-refractivity contribution in [2.24, 2.45) is 0 Å². The Balaban J connectivity index is 0.000000216. The zero-order valence-electron chi connectivity index (χ0n) is 25.9. The average Bonchev–Trinajstić information content (AvgIpc) is 2.90. The van der Waals surface area contributed by atoms with Crippen LogP contribution in [0.4, 0.5) is 14.4 Å². The van der Waals surface area contributed by atoms with Gasteiger partial charge in [-0.05, 0) is 66.4 Å². The molecule has 4 atom stereocenters. The number of benzene rings is 1. The highest BCUT2D eigenvalue weighted by Gasteiger charge is 2.40. The summed E-state index contributed by atoms with van der Waals surface area (Å²) in [6.45, 7) is 14.5. The number of amides is 3. The Morgan fingerprint density at radius 1 is 0.667 bits per heavy atom. The molecule has 1 aromatic carbocycles. The van der Waals surface area contributed by atoms with Crippen LogP contribution < -0.4 is 0 Å². The molecule has 11 heteroatoms. The van der Waals surface area contributed by atoms with Crippen molar-refractivity contribution in [3.63, 3.8) is 0 Å². The first-order valence-corrected chi connectivity index (χ1v) is 15.0. The molecule has 4 aliphatic heterocycles. The van der Waals surface area contributed by atoms with Crippen LogP contribution in [-0.2, 0) is 30.3 Å². The van der Waals surface area contributed by atoms with Crippen molar-refractivity contribution < 1.29 is 38.1 Å². The second kappa shape index (κ2) is 13.5. The maximum atomic E-state index is 12.3. The van der Waals surface area contributed by atoms with Gasteiger partial charge >= 0.3 is 18.3 Å². The zero-order chi connectivity index (χ0) is 30.5. The first-order valence-electron chi connectivity index (χ1n) is 15.0. The lowest BCUT2D eigenvalue weighted by Gasteiger charge is -2.45. The van der Waals surface area contributed by atoms with Crippen LogP contribution in [0.3, 0.4) is 0 Å². The van der Waals surface area contributed by atoms with Gasteiger partial charge in [-0.3, -0.25) is 0 Å². The fourth-order valence-corrected chi connectivity index (χ4v) is 5.42.